The number of thioether (sulfide) groups is 1. The third-order valence-electron chi connectivity index (χ3n) is 4.62. The average molecular weight is 431 g/mol. The van der Waals surface area contributed by atoms with Crippen LogP contribution in [-0.4, -0.2) is 42.4 Å². The Morgan fingerprint density at radius 2 is 1.93 bits per heavy atom. The van der Waals surface area contributed by atoms with Gasteiger partial charge in [0.05, 0.1) is 11.4 Å². The van der Waals surface area contributed by atoms with Crippen LogP contribution in [-0.2, 0) is 16.1 Å². The summed E-state index contributed by atoms with van der Waals surface area (Å²) in [5.74, 6) is -0.311. The maximum absolute atomic E-state index is 13.0. The number of para-hydroxylation sites is 2. The minimum absolute atomic E-state index is 0.130. The molecule has 2 aromatic rings. The van der Waals surface area contributed by atoms with Crippen molar-refractivity contribution in [1.29, 1.82) is 0 Å². The summed E-state index contributed by atoms with van der Waals surface area (Å²) in [6.07, 6.45) is 2.35. The van der Waals surface area contributed by atoms with Crippen molar-refractivity contribution in [3.8, 4) is 0 Å². The quantitative estimate of drug-likeness (QED) is 0.630. The van der Waals surface area contributed by atoms with Crippen molar-refractivity contribution in [2.45, 2.75) is 19.0 Å². The van der Waals surface area contributed by atoms with Gasteiger partial charge in [-0.05, 0) is 48.3 Å². The molecule has 1 aliphatic rings. The Balaban J connectivity index is 1.67. The van der Waals surface area contributed by atoms with E-state index in [1.807, 2.05) is 6.26 Å². The summed E-state index contributed by atoms with van der Waals surface area (Å²) in [7, 11) is 0. The summed E-state index contributed by atoms with van der Waals surface area (Å²) >= 11 is 1.56. The van der Waals surface area contributed by atoms with E-state index in [-0.39, 0.29) is 30.7 Å². The van der Waals surface area contributed by atoms with Crippen LogP contribution in [0.3, 0.4) is 0 Å². The molecule has 0 saturated carbocycles. The molecule has 158 valence electrons. The molecule has 9 heteroatoms. The van der Waals surface area contributed by atoms with Crippen molar-refractivity contribution < 1.29 is 18.8 Å². The van der Waals surface area contributed by atoms with Crippen LogP contribution in [0.25, 0.3) is 0 Å². The number of carbonyl (C=O) groups excluding carboxylic acids is 3. The van der Waals surface area contributed by atoms with Gasteiger partial charge in [-0.15, -0.1) is 0 Å². The fourth-order valence-corrected chi connectivity index (χ4v) is 3.53. The average Bonchev–Trinajstić information content (AvgIpc) is 2.75. The van der Waals surface area contributed by atoms with E-state index in [2.05, 4.69) is 16.0 Å². The molecule has 1 heterocycles. The highest BCUT2D eigenvalue weighted by Gasteiger charge is 2.29. The molecule has 0 spiro atoms. The van der Waals surface area contributed by atoms with E-state index in [9.17, 15) is 18.8 Å². The van der Waals surface area contributed by atoms with Gasteiger partial charge >= 0.3 is 6.03 Å². The number of hydrogen-bond donors (Lipinski definition) is 3. The smallest absolute Gasteiger partial charge is 0.323 e. The molecule has 0 aliphatic carbocycles. The number of anilines is 2. The van der Waals surface area contributed by atoms with Crippen molar-refractivity contribution in [3.05, 3.63) is 59.9 Å². The Bertz CT molecular complexity index is 923. The van der Waals surface area contributed by atoms with Gasteiger partial charge in [-0.25, -0.2) is 9.18 Å². The molecule has 0 aromatic heterocycles. The molecular formula is C21H23FN4O3S. The lowest BCUT2D eigenvalue weighted by molar-refractivity contribution is -0.123. The fraction of sp³-hybridized carbons (Fsp3) is 0.286. The van der Waals surface area contributed by atoms with Crippen LogP contribution in [0.2, 0.25) is 0 Å². The predicted octanol–water partition coefficient (Wildman–Crippen LogP) is 2.73. The van der Waals surface area contributed by atoms with Gasteiger partial charge in [0.1, 0.15) is 18.4 Å². The van der Waals surface area contributed by atoms with Crippen molar-refractivity contribution in [2.24, 2.45) is 0 Å². The van der Waals surface area contributed by atoms with Gasteiger partial charge in [-0.3, -0.25) is 14.5 Å². The molecule has 4 amide bonds. The van der Waals surface area contributed by atoms with Gasteiger partial charge in [0.25, 0.3) is 0 Å². The molecule has 2 aromatic carbocycles. The number of fused-ring (bicyclic) bond motifs is 1. The second kappa shape index (κ2) is 10.1. The zero-order valence-corrected chi connectivity index (χ0v) is 17.3. The fourth-order valence-electron chi connectivity index (χ4n) is 3.06. The van der Waals surface area contributed by atoms with Crippen molar-refractivity contribution in [1.82, 2.24) is 10.6 Å². The van der Waals surface area contributed by atoms with E-state index in [1.165, 1.54) is 17.0 Å². The second-order valence-electron chi connectivity index (χ2n) is 6.78. The van der Waals surface area contributed by atoms with E-state index in [0.717, 1.165) is 5.56 Å². The van der Waals surface area contributed by atoms with E-state index < -0.39 is 12.1 Å². The second-order valence-corrected chi connectivity index (χ2v) is 7.76. The number of halogens is 1. The van der Waals surface area contributed by atoms with Crippen LogP contribution >= 0.6 is 11.8 Å². The van der Waals surface area contributed by atoms with E-state index >= 15 is 0 Å². The molecule has 30 heavy (non-hydrogen) atoms. The standard InChI is InChI=1S/C21H23FN4O3S/c1-30-11-10-17(20(28)23-12-14-6-8-15(22)9-7-14)25-21(29)26-13-19(27)24-16-4-2-3-5-18(16)26/h2-9,17H,10-13H2,1H3,(H,23,28)(H,24,27)(H,25,29)/t17-/m1/s1. The van der Waals surface area contributed by atoms with Gasteiger partial charge in [0.2, 0.25) is 11.8 Å². The topological polar surface area (TPSA) is 90.5 Å². The van der Waals surface area contributed by atoms with Gasteiger partial charge in [-0.2, -0.15) is 11.8 Å². The molecule has 0 bridgehead atoms. The SMILES string of the molecule is CSCC[C@@H](NC(=O)N1CC(=O)Nc2ccccc21)C(=O)NCc1ccc(F)cc1. The van der Waals surface area contributed by atoms with E-state index in [4.69, 9.17) is 0 Å². The highest BCUT2D eigenvalue weighted by Crippen LogP contribution is 2.28. The normalized spacial score (nSPS) is 13.8. The van der Waals surface area contributed by atoms with Gasteiger partial charge in [0, 0.05) is 6.54 Å². The van der Waals surface area contributed by atoms with Gasteiger partial charge in [0.15, 0.2) is 0 Å². The largest absolute Gasteiger partial charge is 0.350 e. The van der Waals surface area contributed by atoms with Crippen LogP contribution in [0.1, 0.15) is 12.0 Å². The van der Waals surface area contributed by atoms with Gasteiger partial charge < -0.3 is 16.0 Å². The zero-order valence-electron chi connectivity index (χ0n) is 16.5. The first-order valence-corrected chi connectivity index (χ1v) is 10.9. The third-order valence-corrected chi connectivity index (χ3v) is 5.26. The lowest BCUT2D eigenvalue weighted by Gasteiger charge is -2.30. The highest BCUT2D eigenvalue weighted by molar-refractivity contribution is 7.98. The summed E-state index contributed by atoms with van der Waals surface area (Å²) in [6, 6.07) is 11.6. The number of amides is 4. The first-order valence-electron chi connectivity index (χ1n) is 9.46. The lowest BCUT2D eigenvalue weighted by atomic mass is 10.1. The molecule has 3 rings (SSSR count). The maximum Gasteiger partial charge on any atom is 0.323 e. The summed E-state index contributed by atoms with van der Waals surface area (Å²) in [5.41, 5.74) is 1.87. The molecule has 0 radical (unpaired) electrons. The Kier molecular flexibility index (Phi) is 7.29. The third kappa shape index (κ3) is 5.50. The number of urea groups is 1. The molecule has 0 saturated heterocycles. The number of hydrogen-bond acceptors (Lipinski definition) is 4. The summed E-state index contributed by atoms with van der Waals surface area (Å²) in [5, 5.41) is 8.26. The van der Waals surface area contributed by atoms with E-state index in [0.29, 0.717) is 23.5 Å². The maximum atomic E-state index is 13.0. The van der Waals surface area contributed by atoms with Crippen LogP contribution < -0.4 is 20.9 Å². The summed E-state index contributed by atoms with van der Waals surface area (Å²) < 4.78 is 13.0. The zero-order chi connectivity index (χ0) is 21.5. The summed E-state index contributed by atoms with van der Waals surface area (Å²) in [6.45, 7) is 0.0923. The van der Waals surface area contributed by atoms with Crippen LogP contribution in [0, 0.1) is 5.82 Å². The molecular weight excluding hydrogens is 407 g/mol. The molecule has 0 fully saturated rings. The minimum Gasteiger partial charge on any atom is -0.350 e. The van der Waals surface area contributed by atoms with Crippen LogP contribution in [0.4, 0.5) is 20.6 Å². The Morgan fingerprint density at radius 3 is 2.67 bits per heavy atom. The molecule has 3 N–H and O–H groups in total. The summed E-state index contributed by atoms with van der Waals surface area (Å²) in [4.78, 5) is 38.9. The monoisotopic (exact) mass is 430 g/mol. The number of nitrogens with zero attached hydrogens (tertiary/aromatic N) is 1. The van der Waals surface area contributed by atoms with Crippen molar-refractivity contribution >= 4 is 41.0 Å². The number of rotatable bonds is 7. The molecule has 1 atom stereocenters. The number of benzene rings is 2. The number of carbonyl (C=O) groups is 3. The van der Waals surface area contributed by atoms with Crippen LogP contribution in [0.15, 0.2) is 48.5 Å². The van der Waals surface area contributed by atoms with Crippen molar-refractivity contribution in [3.63, 3.8) is 0 Å². The number of nitrogens with one attached hydrogen (secondary N) is 3. The minimum atomic E-state index is -0.762. The molecule has 7 nitrogen and oxygen atoms in total. The first kappa shape index (κ1) is 21.6. The molecule has 1 aliphatic heterocycles. The van der Waals surface area contributed by atoms with Crippen LogP contribution in [0.5, 0.6) is 0 Å². The van der Waals surface area contributed by atoms with Gasteiger partial charge in [-0.1, -0.05) is 24.3 Å². The predicted molar refractivity (Wildman–Crippen MR) is 116 cm³/mol. The highest BCUT2D eigenvalue weighted by atomic mass is 32.2. The Hall–Kier alpha value is -3.07. The Morgan fingerprint density at radius 1 is 1.20 bits per heavy atom. The lowest BCUT2D eigenvalue weighted by Crippen LogP contribution is -2.54. The molecule has 0 unspecified atom stereocenters. The first-order chi connectivity index (χ1) is 14.5. The Labute approximate surface area is 178 Å². The van der Waals surface area contributed by atoms with Crippen molar-refractivity contribution in [2.75, 3.05) is 28.8 Å². The van der Waals surface area contributed by atoms with E-state index in [1.54, 1.807) is 48.2 Å².